The number of rotatable bonds is 4. The fraction of sp³-hybridized carbons (Fsp3) is 0.833. The number of carbonyl (C=O) groups is 1. The Morgan fingerprint density at radius 3 is 2.60 bits per heavy atom. The molecule has 1 amide bonds. The van der Waals surface area contributed by atoms with Gasteiger partial charge >= 0.3 is 0 Å². The maximum absolute atomic E-state index is 10.9. The van der Waals surface area contributed by atoms with E-state index < -0.39 is 0 Å². The van der Waals surface area contributed by atoms with Crippen LogP contribution in [0.1, 0.15) is 13.3 Å². The van der Waals surface area contributed by atoms with Crippen LogP contribution in [0.5, 0.6) is 0 Å². The molecule has 0 radical (unpaired) electrons. The van der Waals surface area contributed by atoms with Gasteiger partial charge < -0.3 is 4.74 Å². The van der Waals surface area contributed by atoms with E-state index in [1.807, 2.05) is 6.92 Å². The summed E-state index contributed by atoms with van der Waals surface area (Å²) in [5, 5.41) is 0. The third-order valence-corrected chi connectivity index (χ3v) is 1.20. The Morgan fingerprint density at radius 1 is 1.70 bits per heavy atom. The standard InChI is InChI=1S/C6H14N2O2/c1-4-5(10-3)6(9)8-7-2/h5,7H,4H2,1-3H3,(H,8,9). The highest BCUT2D eigenvalue weighted by atomic mass is 16.5. The average Bonchev–Trinajstić information content (AvgIpc) is 1.91. The summed E-state index contributed by atoms with van der Waals surface area (Å²) in [6, 6.07) is 0. The highest BCUT2D eigenvalue weighted by Gasteiger charge is 2.13. The van der Waals surface area contributed by atoms with Crippen LogP contribution in [0.3, 0.4) is 0 Å². The van der Waals surface area contributed by atoms with Crippen molar-refractivity contribution in [3.05, 3.63) is 0 Å². The molecule has 0 aromatic carbocycles. The lowest BCUT2D eigenvalue weighted by Gasteiger charge is -2.11. The molecule has 0 aliphatic rings. The Labute approximate surface area is 60.9 Å². The minimum absolute atomic E-state index is 0.132. The molecule has 0 aliphatic heterocycles. The molecule has 1 atom stereocenters. The molecule has 1 unspecified atom stereocenters. The monoisotopic (exact) mass is 146 g/mol. The largest absolute Gasteiger partial charge is 0.372 e. The van der Waals surface area contributed by atoms with E-state index in [0.29, 0.717) is 6.42 Å². The van der Waals surface area contributed by atoms with E-state index in [9.17, 15) is 4.79 Å². The number of amides is 1. The second-order valence-corrected chi connectivity index (χ2v) is 1.87. The quantitative estimate of drug-likeness (QED) is 0.533. The maximum atomic E-state index is 10.9. The Balaban J connectivity index is 3.65. The van der Waals surface area contributed by atoms with E-state index in [1.54, 1.807) is 7.05 Å². The van der Waals surface area contributed by atoms with Crippen molar-refractivity contribution in [3.63, 3.8) is 0 Å². The molecule has 0 heterocycles. The molecule has 0 aromatic heterocycles. The van der Waals surface area contributed by atoms with Crippen molar-refractivity contribution in [1.82, 2.24) is 10.9 Å². The average molecular weight is 146 g/mol. The van der Waals surface area contributed by atoms with E-state index in [0.717, 1.165) is 0 Å². The van der Waals surface area contributed by atoms with Crippen LogP contribution in [0.4, 0.5) is 0 Å². The molecule has 4 nitrogen and oxygen atoms in total. The molecule has 4 heteroatoms. The Bertz CT molecular complexity index is 102. The molecular formula is C6H14N2O2. The molecule has 0 saturated carbocycles. The van der Waals surface area contributed by atoms with Gasteiger partial charge in [0, 0.05) is 14.2 Å². The first kappa shape index (κ1) is 9.39. The third-order valence-electron chi connectivity index (χ3n) is 1.20. The maximum Gasteiger partial charge on any atom is 0.263 e. The number of hydrogen-bond acceptors (Lipinski definition) is 3. The molecule has 0 aliphatic carbocycles. The molecule has 0 fully saturated rings. The summed E-state index contributed by atoms with van der Waals surface area (Å²) in [6.07, 6.45) is 0.344. The topological polar surface area (TPSA) is 50.4 Å². The smallest absolute Gasteiger partial charge is 0.263 e. The van der Waals surface area contributed by atoms with Crippen LogP contribution in [0.15, 0.2) is 0 Å². The van der Waals surface area contributed by atoms with Crippen LogP contribution in [-0.2, 0) is 9.53 Å². The van der Waals surface area contributed by atoms with E-state index in [-0.39, 0.29) is 12.0 Å². The molecule has 0 aromatic rings. The number of ether oxygens (including phenoxy) is 1. The van der Waals surface area contributed by atoms with Gasteiger partial charge in [-0.15, -0.1) is 0 Å². The Hall–Kier alpha value is -0.610. The number of carbonyl (C=O) groups excluding carboxylic acids is 1. The van der Waals surface area contributed by atoms with Gasteiger partial charge in [-0.1, -0.05) is 6.92 Å². The summed E-state index contributed by atoms with van der Waals surface area (Å²) in [6.45, 7) is 1.89. The number of methoxy groups -OCH3 is 1. The first-order valence-electron chi connectivity index (χ1n) is 3.25. The van der Waals surface area contributed by atoms with Gasteiger partial charge in [0.1, 0.15) is 6.10 Å². The van der Waals surface area contributed by atoms with Gasteiger partial charge in [0.05, 0.1) is 0 Å². The lowest BCUT2D eigenvalue weighted by Crippen LogP contribution is -2.42. The minimum Gasteiger partial charge on any atom is -0.372 e. The van der Waals surface area contributed by atoms with Crippen molar-refractivity contribution in [3.8, 4) is 0 Å². The molecule has 2 N–H and O–H groups in total. The second kappa shape index (κ2) is 5.20. The van der Waals surface area contributed by atoms with Crippen LogP contribution in [0, 0.1) is 0 Å². The predicted octanol–water partition coefficient (Wildman–Crippen LogP) is -0.338. The fourth-order valence-electron chi connectivity index (χ4n) is 0.663. The molecule has 0 saturated heterocycles. The zero-order valence-corrected chi connectivity index (χ0v) is 6.60. The van der Waals surface area contributed by atoms with Gasteiger partial charge in [-0.25, -0.2) is 5.43 Å². The summed E-state index contributed by atoms with van der Waals surface area (Å²) in [5.41, 5.74) is 4.97. The minimum atomic E-state index is -0.340. The van der Waals surface area contributed by atoms with E-state index in [4.69, 9.17) is 4.74 Å². The SMILES string of the molecule is CCC(OC)C(=O)NNC. The van der Waals surface area contributed by atoms with E-state index >= 15 is 0 Å². The molecule has 0 rings (SSSR count). The highest BCUT2D eigenvalue weighted by molar-refractivity contribution is 5.80. The van der Waals surface area contributed by atoms with Crippen LogP contribution in [0.25, 0.3) is 0 Å². The second-order valence-electron chi connectivity index (χ2n) is 1.87. The van der Waals surface area contributed by atoms with Crippen molar-refractivity contribution in [2.75, 3.05) is 14.2 Å². The summed E-state index contributed by atoms with van der Waals surface area (Å²) in [4.78, 5) is 10.9. The molecular weight excluding hydrogens is 132 g/mol. The van der Waals surface area contributed by atoms with Crippen molar-refractivity contribution in [1.29, 1.82) is 0 Å². The van der Waals surface area contributed by atoms with Crippen LogP contribution in [0.2, 0.25) is 0 Å². The zero-order valence-electron chi connectivity index (χ0n) is 6.60. The van der Waals surface area contributed by atoms with Gasteiger partial charge in [0.2, 0.25) is 0 Å². The predicted molar refractivity (Wildman–Crippen MR) is 38.3 cm³/mol. The number of hydrazine groups is 1. The fourth-order valence-corrected chi connectivity index (χ4v) is 0.663. The van der Waals surface area contributed by atoms with Crippen LogP contribution in [-0.4, -0.2) is 26.2 Å². The molecule has 60 valence electrons. The van der Waals surface area contributed by atoms with Gasteiger partial charge in [-0.3, -0.25) is 10.2 Å². The van der Waals surface area contributed by atoms with Crippen molar-refractivity contribution in [2.45, 2.75) is 19.4 Å². The molecule has 0 spiro atoms. The Kier molecular flexibility index (Phi) is 4.88. The van der Waals surface area contributed by atoms with Crippen LogP contribution >= 0.6 is 0 Å². The number of nitrogens with one attached hydrogen (secondary N) is 2. The van der Waals surface area contributed by atoms with Crippen molar-refractivity contribution >= 4 is 5.91 Å². The summed E-state index contributed by atoms with van der Waals surface area (Å²) >= 11 is 0. The lowest BCUT2D eigenvalue weighted by molar-refractivity contribution is -0.132. The first-order chi connectivity index (χ1) is 4.76. The number of hydrogen-bond donors (Lipinski definition) is 2. The summed E-state index contributed by atoms with van der Waals surface area (Å²) < 4.78 is 4.86. The normalized spacial score (nSPS) is 12.7. The van der Waals surface area contributed by atoms with E-state index in [2.05, 4.69) is 10.9 Å². The van der Waals surface area contributed by atoms with Crippen molar-refractivity contribution < 1.29 is 9.53 Å². The zero-order chi connectivity index (χ0) is 7.98. The van der Waals surface area contributed by atoms with Gasteiger partial charge in [-0.05, 0) is 6.42 Å². The van der Waals surface area contributed by atoms with Crippen molar-refractivity contribution in [2.24, 2.45) is 0 Å². The van der Waals surface area contributed by atoms with Crippen LogP contribution < -0.4 is 10.9 Å². The lowest BCUT2D eigenvalue weighted by atomic mass is 10.3. The van der Waals surface area contributed by atoms with Gasteiger partial charge in [0.15, 0.2) is 0 Å². The molecule has 10 heavy (non-hydrogen) atoms. The highest BCUT2D eigenvalue weighted by Crippen LogP contribution is 1.93. The van der Waals surface area contributed by atoms with Gasteiger partial charge in [-0.2, -0.15) is 0 Å². The molecule has 0 bridgehead atoms. The summed E-state index contributed by atoms with van der Waals surface area (Å²) in [5.74, 6) is -0.132. The van der Waals surface area contributed by atoms with Gasteiger partial charge in [0.25, 0.3) is 5.91 Å². The first-order valence-corrected chi connectivity index (χ1v) is 3.25. The van der Waals surface area contributed by atoms with E-state index in [1.165, 1.54) is 7.11 Å². The summed E-state index contributed by atoms with van der Waals surface area (Å²) in [7, 11) is 3.16. The third kappa shape index (κ3) is 2.80. The Morgan fingerprint density at radius 2 is 2.30 bits per heavy atom.